The van der Waals surface area contributed by atoms with Gasteiger partial charge in [0.2, 0.25) is 5.89 Å². The van der Waals surface area contributed by atoms with E-state index in [9.17, 15) is 4.79 Å². The highest BCUT2D eigenvalue weighted by Crippen LogP contribution is 2.23. The van der Waals surface area contributed by atoms with Crippen molar-refractivity contribution >= 4 is 33.4 Å². The van der Waals surface area contributed by atoms with Gasteiger partial charge in [0.05, 0.1) is 5.69 Å². The van der Waals surface area contributed by atoms with Crippen LogP contribution in [0.5, 0.6) is 0 Å². The number of aryl methyl sites for hydroxylation is 1. The van der Waals surface area contributed by atoms with Gasteiger partial charge in [0.25, 0.3) is 0 Å². The Labute approximate surface area is 111 Å². The molecule has 0 amide bonds. The van der Waals surface area contributed by atoms with Crippen molar-refractivity contribution in [1.82, 2.24) is 9.36 Å². The highest BCUT2D eigenvalue weighted by Gasteiger charge is 2.13. The van der Waals surface area contributed by atoms with Gasteiger partial charge in [-0.25, -0.2) is 4.79 Å². The molecule has 0 unspecified atom stereocenters. The summed E-state index contributed by atoms with van der Waals surface area (Å²) >= 11 is 7.00. The Balaban J connectivity index is 2.25. The van der Waals surface area contributed by atoms with Crippen molar-refractivity contribution in [3.05, 3.63) is 45.4 Å². The molecule has 6 heteroatoms. The molecular formula is C12H7ClN2O2S. The van der Waals surface area contributed by atoms with E-state index in [-0.39, 0.29) is 5.89 Å². The molecule has 2 aromatic heterocycles. The van der Waals surface area contributed by atoms with Crippen LogP contribution in [0.3, 0.4) is 0 Å². The third kappa shape index (κ3) is 1.81. The highest BCUT2D eigenvalue weighted by molar-refractivity contribution is 7.12. The molecule has 0 aliphatic heterocycles. The molecule has 0 atom stereocenters. The largest absolute Gasteiger partial charge is 0.403 e. The molecule has 18 heavy (non-hydrogen) atoms. The summed E-state index contributed by atoms with van der Waals surface area (Å²) in [5.74, 6) is 0.285. The number of hydrogen-bond acceptors (Lipinski definition) is 5. The third-order valence-electron chi connectivity index (χ3n) is 2.53. The predicted molar refractivity (Wildman–Crippen MR) is 71.1 cm³/mol. The number of hydrogen-bond donors (Lipinski definition) is 0. The maximum atomic E-state index is 11.9. The van der Waals surface area contributed by atoms with E-state index >= 15 is 0 Å². The van der Waals surface area contributed by atoms with E-state index in [4.69, 9.17) is 16.0 Å². The first kappa shape index (κ1) is 11.4. The molecule has 0 fully saturated rings. The van der Waals surface area contributed by atoms with E-state index in [0.717, 1.165) is 0 Å². The van der Waals surface area contributed by atoms with Gasteiger partial charge in [0.15, 0.2) is 4.83 Å². The van der Waals surface area contributed by atoms with Gasteiger partial charge in [-0.2, -0.15) is 9.36 Å². The van der Waals surface area contributed by atoms with Gasteiger partial charge < -0.3 is 4.42 Å². The number of fused-ring (bicyclic) bond motifs is 1. The summed E-state index contributed by atoms with van der Waals surface area (Å²) < 4.78 is 9.32. The number of halogens is 1. The normalized spacial score (nSPS) is 11.0. The zero-order valence-corrected chi connectivity index (χ0v) is 10.9. The zero-order valence-electron chi connectivity index (χ0n) is 9.31. The van der Waals surface area contributed by atoms with Crippen LogP contribution in [0, 0.1) is 6.92 Å². The van der Waals surface area contributed by atoms with Crippen LogP contribution in [0.15, 0.2) is 33.5 Å². The molecule has 2 heterocycles. The molecule has 0 saturated heterocycles. The molecule has 90 valence electrons. The SMILES string of the molecule is Cc1nsc2nc(-c3ccc(Cl)cc3)oc(=O)c12. The first-order valence-electron chi connectivity index (χ1n) is 5.18. The molecule has 0 N–H and O–H groups in total. The third-order valence-corrected chi connectivity index (χ3v) is 3.62. The second-order valence-electron chi connectivity index (χ2n) is 3.76. The van der Waals surface area contributed by atoms with Gasteiger partial charge >= 0.3 is 5.63 Å². The summed E-state index contributed by atoms with van der Waals surface area (Å²) in [6.07, 6.45) is 0. The van der Waals surface area contributed by atoms with Gasteiger partial charge in [-0.3, -0.25) is 0 Å². The lowest BCUT2D eigenvalue weighted by atomic mass is 10.2. The Hall–Kier alpha value is -1.72. The predicted octanol–water partition coefficient (Wildman–Crippen LogP) is 3.27. The molecular weight excluding hydrogens is 272 g/mol. The zero-order chi connectivity index (χ0) is 12.7. The molecule has 0 aliphatic rings. The van der Waals surface area contributed by atoms with Crippen LogP contribution >= 0.6 is 23.1 Å². The molecule has 3 aromatic rings. The quantitative estimate of drug-likeness (QED) is 0.685. The summed E-state index contributed by atoms with van der Waals surface area (Å²) in [5, 5.41) is 1.08. The average Bonchev–Trinajstić information content (AvgIpc) is 2.72. The Morgan fingerprint density at radius 2 is 2.00 bits per heavy atom. The van der Waals surface area contributed by atoms with Crippen LogP contribution in [0.2, 0.25) is 5.02 Å². The van der Waals surface area contributed by atoms with Crippen LogP contribution in [0.25, 0.3) is 21.7 Å². The molecule has 3 rings (SSSR count). The first-order chi connectivity index (χ1) is 8.65. The minimum atomic E-state index is -0.406. The Bertz CT molecular complexity index is 777. The van der Waals surface area contributed by atoms with Gasteiger partial charge in [-0.1, -0.05) is 11.6 Å². The van der Waals surface area contributed by atoms with Crippen molar-refractivity contribution in [2.45, 2.75) is 6.92 Å². The molecule has 0 spiro atoms. The fourth-order valence-corrected chi connectivity index (χ4v) is 2.53. The van der Waals surface area contributed by atoms with E-state index in [1.165, 1.54) is 11.5 Å². The van der Waals surface area contributed by atoms with E-state index in [0.29, 0.717) is 26.5 Å². The maximum absolute atomic E-state index is 11.9. The van der Waals surface area contributed by atoms with E-state index in [1.54, 1.807) is 31.2 Å². The second kappa shape index (κ2) is 4.19. The molecule has 1 aromatic carbocycles. The number of nitrogens with zero attached hydrogens (tertiary/aromatic N) is 2. The summed E-state index contributed by atoms with van der Waals surface area (Å²) in [6.45, 7) is 1.76. The van der Waals surface area contributed by atoms with E-state index in [1.807, 2.05) is 0 Å². The van der Waals surface area contributed by atoms with Crippen LogP contribution in [0.1, 0.15) is 5.69 Å². The minimum Gasteiger partial charge on any atom is -0.403 e. The van der Waals surface area contributed by atoms with Crippen LogP contribution in [-0.4, -0.2) is 9.36 Å². The van der Waals surface area contributed by atoms with Gasteiger partial charge in [-0.05, 0) is 42.7 Å². The van der Waals surface area contributed by atoms with E-state index < -0.39 is 5.63 Å². The number of rotatable bonds is 1. The monoisotopic (exact) mass is 278 g/mol. The smallest absolute Gasteiger partial charge is 0.349 e. The fourth-order valence-electron chi connectivity index (χ4n) is 1.64. The van der Waals surface area contributed by atoms with Crippen LogP contribution in [-0.2, 0) is 0 Å². The van der Waals surface area contributed by atoms with Gasteiger partial charge in [-0.15, -0.1) is 0 Å². The van der Waals surface area contributed by atoms with Crippen molar-refractivity contribution in [2.24, 2.45) is 0 Å². The van der Waals surface area contributed by atoms with Gasteiger partial charge in [0.1, 0.15) is 5.39 Å². The van der Waals surface area contributed by atoms with Crippen molar-refractivity contribution in [3.8, 4) is 11.5 Å². The standard InChI is InChI=1S/C12H7ClN2O2S/c1-6-9-11(18-15-6)14-10(17-12(9)16)7-2-4-8(13)5-3-7/h2-5H,1H3. The number of benzene rings is 1. The molecule has 0 radical (unpaired) electrons. The summed E-state index contributed by atoms with van der Waals surface area (Å²) in [7, 11) is 0. The lowest BCUT2D eigenvalue weighted by molar-refractivity contribution is 0.518. The molecule has 4 nitrogen and oxygen atoms in total. The minimum absolute atomic E-state index is 0.285. The van der Waals surface area contributed by atoms with Crippen LogP contribution in [0.4, 0.5) is 0 Å². The number of aromatic nitrogens is 2. The maximum Gasteiger partial charge on any atom is 0.349 e. The average molecular weight is 279 g/mol. The lowest BCUT2D eigenvalue weighted by Crippen LogP contribution is -2.02. The Morgan fingerprint density at radius 1 is 1.28 bits per heavy atom. The summed E-state index contributed by atoms with van der Waals surface area (Å²) in [6, 6.07) is 6.96. The topological polar surface area (TPSA) is 56.0 Å². The first-order valence-corrected chi connectivity index (χ1v) is 6.33. The summed E-state index contributed by atoms with van der Waals surface area (Å²) in [4.78, 5) is 16.8. The van der Waals surface area contributed by atoms with Crippen molar-refractivity contribution in [1.29, 1.82) is 0 Å². The molecule has 0 aliphatic carbocycles. The molecule has 0 bridgehead atoms. The Kier molecular flexibility index (Phi) is 2.65. The highest BCUT2D eigenvalue weighted by atomic mass is 35.5. The summed E-state index contributed by atoms with van der Waals surface area (Å²) in [5.41, 5.74) is 0.958. The van der Waals surface area contributed by atoms with Gasteiger partial charge in [0, 0.05) is 10.6 Å². The molecule has 0 saturated carbocycles. The fraction of sp³-hybridized carbons (Fsp3) is 0.0833. The lowest BCUT2D eigenvalue weighted by Gasteiger charge is -1.99. The second-order valence-corrected chi connectivity index (χ2v) is 4.95. The Morgan fingerprint density at radius 3 is 2.72 bits per heavy atom. The van der Waals surface area contributed by atoms with Crippen LogP contribution < -0.4 is 5.63 Å². The van der Waals surface area contributed by atoms with E-state index in [2.05, 4.69) is 9.36 Å². The van der Waals surface area contributed by atoms with Crippen molar-refractivity contribution < 1.29 is 4.42 Å². The van der Waals surface area contributed by atoms with Crippen molar-refractivity contribution in [2.75, 3.05) is 0 Å². The van der Waals surface area contributed by atoms with Crippen molar-refractivity contribution in [3.63, 3.8) is 0 Å².